The van der Waals surface area contributed by atoms with Gasteiger partial charge in [0, 0.05) is 11.6 Å². The summed E-state index contributed by atoms with van der Waals surface area (Å²) in [5.41, 5.74) is 8.22. The molecule has 3 aromatic heterocycles. The van der Waals surface area contributed by atoms with Crippen LogP contribution in [0.3, 0.4) is 0 Å². The third-order valence-electron chi connectivity index (χ3n) is 3.56. The molecule has 0 aliphatic rings. The Labute approximate surface area is 159 Å². The fourth-order valence-corrected chi connectivity index (χ4v) is 2.29. The fourth-order valence-electron chi connectivity index (χ4n) is 2.29. The number of anilines is 2. The first-order valence-corrected chi connectivity index (χ1v) is 8.36. The molecule has 4 rings (SSSR count). The van der Waals surface area contributed by atoms with Crippen LogP contribution in [0.15, 0.2) is 71.6 Å². The van der Waals surface area contributed by atoms with Gasteiger partial charge in [-0.25, -0.2) is 19.9 Å². The highest BCUT2D eigenvalue weighted by atomic mass is 15.3. The molecule has 0 spiro atoms. The molecule has 0 atom stereocenters. The molecule has 0 fully saturated rings. The van der Waals surface area contributed by atoms with Crippen molar-refractivity contribution in [3.8, 4) is 11.4 Å². The smallest absolute Gasteiger partial charge is 0.163 e. The quantitative estimate of drug-likeness (QED) is 0.291. The minimum atomic E-state index is 0.517. The monoisotopic (exact) mass is 372 g/mol. The van der Waals surface area contributed by atoms with E-state index in [-0.39, 0.29) is 0 Å². The number of aromatic nitrogens is 6. The van der Waals surface area contributed by atoms with Crippen LogP contribution in [0, 0.1) is 0 Å². The molecular formula is C18H16N10. The second-order valence-electron chi connectivity index (χ2n) is 5.58. The first-order valence-electron chi connectivity index (χ1n) is 8.36. The first kappa shape index (κ1) is 17.1. The van der Waals surface area contributed by atoms with Crippen LogP contribution in [0.4, 0.5) is 11.6 Å². The molecule has 0 saturated heterocycles. The number of aromatic amines is 2. The number of nitrogens with zero attached hydrogens (tertiary/aromatic N) is 6. The Morgan fingerprint density at radius 2 is 1.36 bits per heavy atom. The second-order valence-corrected chi connectivity index (χ2v) is 5.58. The van der Waals surface area contributed by atoms with E-state index in [0.29, 0.717) is 17.5 Å². The Morgan fingerprint density at radius 3 is 1.86 bits per heavy atom. The Morgan fingerprint density at radius 1 is 0.786 bits per heavy atom. The van der Waals surface area contributed by atoms with Gasteiger partial charge in [0.25, 0.3) is 0 Å². The molecule has 0 bridgehead atoms. The summed E-state index contributed by atoms with van der Waals surface area (Å²) in [6.07, 6.45) is 9.72. The number of hydrogen-bond acceptors (Lipinski definition) is 8. The molecule has 28 heavy (non-hydrogen) atoms. The van der Waals surface area contributed by atoms with E-state index in [1.54, 1.807) is 43.5 Å². The van der Waals surface area contributed by atoms with Crippen molar-refractivity contribution >= 4 is 24.1 Å². The van der Waals surface area contributed by atoms with Crippen molar-refractivity contribution in [1.82, 2.24) is 29.9 Å². The topological polar surface area (TPSA) is 132 Å². The highest BCUT2D eigenvalue weighted by Gasteiger charge is 2.06. The SMILES string of the molecule is C(=N\Nc1cc(N/N=C/c2cnc[nH]2)nc(-c2ccccc2)n1)/c1cnc[nH]1. The van der Waals surface area contributed by atoms with Gasteiger partial charge in [0.1, 0.15) is 0 Å². The molecule has 3 heterocycles. The van der Waals surface area contributed by atoms with Crippen LogP contribution in [0.2, 0.25) is 0 Å². The predicted molar refractivity (Wildman–Crippen MR) is 107 cm³/mol. The van der Waals surface area contributed by atoms with Gasteiger partial charge in [-0.2, -0.15) is 10.2 Å². The molecule has 4 N–H and O–H groups in total. The van der Waals surface area contributed by atoms with Crippen molar-refractivity contribution in [2.24, 2.45) is 10.2 Å². The molecule has 0 unspecified atom stereocenters. The van der Waals surface area contributed by atoms with Gasteiger partial charge < -0.3 is 9.97 Å². The molecule has 0 saturated carbocycles. The number of nitrogens with one attached hydrogen (secondary N) is 4. The van der Waals surface area contributed by atoms with Crippen LogP contribution in [0.1, 0.15) is 11.4 Å². The van der Waals surface area contributed by atoms with Gasteiger partial charge in [0.15, 0.2) is 17.5 Å². The summed E-state index contributed by atoms with van der Waals surface area (Å²) in [5, 5.41) is 8.33. The lowest BCUT2D eigenvalue weighted by molar-refractivity contribution is 1.13. The van der Waals surface area contributed by atoms with Gasteiger partial charge in [-0.3, -0.25) is 10.9 Å². The first-order chi connectivity index (χ1) is 13.9. The van der Waals surface area contributed by atoms with Gasteiger partial charge in [0.05, 0.1) is 48.9 Å². The van der Waals surface area contributed by atoms with Crippen molar-refractivity contribution < 1.29 is 0 Å². The zero-order valence-electron chi connectivity index (χ0n) is 14.6. The second kappa shape index (κ2) is 8.36. The summed E-state index contributed by atoms with van der Waals surface area (Å²) >= 11 is 0. The van der Waals surface area contributed by atoms with Gasteiger partial charge in [-0.05, 0) is 0 Å². The van der Waals surface area contributed by atoms with E-state index < -0.39 is 0 Å². The van der Waals surface area contributed by atoms with Crippen LogP contribution < -0.4 is 10.9 Å². The maximum Gasteiger partial charge on any atom is 0.163 e. The summed E-state index contributed by atoms with van der Waals surface area (Å²) in [6, 6.07) is 11.4. The van der Waals surface area contributed by atoms with Gasteiger partial charge in [-0.15, -0.1) is 0 Å². The van der Waals surface area contributed by atoms with E-state index >= 15 is 0 Å². The number of rotatable bonds is 7. The molecule has 138 valence electrons. The van der Waals surface area contributed by atoms with Crippen LogP contribution >= 0.6 is 0 Å². The van der Waals surface area contributed by atoms with Crippen molar-refractivity contribution in [3.63, 3.8) is 0 Å². The molecule has 0 amide bonds. The number of H-pyrrole nitrogens is 2. The van der Waals surface area contributed by atoms with Gasteiger partial charge >= 0.3 is 0 Å². The number of hydrogen-bond donors (Lipinski definition) is 4. The van der Waals surface area contributed by atoms with Gasteiger partial charge in [-0.1, -0.05) is 30.3 Å². The molecular weight excluding hydrogens is 356 g/mol. The van der Waals surface area contributed by atoms with Crippen LogP contribution in [-0.2, 0) is 0 Å². The van der Waals surface area contributed by atoms with Crippen molar-refractivity contribution in [1.29, 1.82) is 0 Å². The minimum Gasteiger partial charge on any atom is -0.344 e. The van der Waals surface area contributed by atoms with Crippen molar-refractivity contribution in [2.45, 2.75) is 0 Å². The summed E-state index contributed by atoms with van der Waals surface area (Å²) < 4.78 is 0. The average molecular weight is 372 g/mol. The molecule has 0 radical (unpaired) electrons. The molecule has 0 aliphatic heterocycles. The highest BCUT2D eigenvalue weighted by Crippen LogP contribution is 2.20. The Bertz CT molecular complexity index is 989. The fraction of sp³-hybridized carbons (Fsp3) is 0. The summed E-state index contributed by atoms with van der Waals surface area (Å²) in [4.78, 5) is 22.8. The molecule has 4 aromatic rings. The van der Waals surface area contributed by atoms with Crippen molar-refractivity contribution in [2.75, 3.05) is 10.9 Å². The van der Waals surface area contributed by atoms with Crippen LogP contribution in [0.5, 0.6) is 0 Å². The lowest BCUT2D eigenvalue weighted by atomic mass is 10.2. The largest absolute Gasteiger partial charge is 0.344 e. The van der Waals surface area contributed by atoms with E-state index in [4.69, 9.17) is 0 Å². The van der Waals surface area contributed by atoms with Gasteiger partial charge in [0.2, 0.25) is 0 Å². The third-order valence-corrected chi connectivity index (χ3v) is 3.56. The summed E-state index contributed by atoms with van der Waals surface area (Å²) in [7, 11) is 0. The van der Waals surface area contributed by atoms with E-state index in [0.717, 1.165) is 17.0 Å². The zero-order valence-corrected chi connectivity index (χ0v) is 14.6. The van der Waals surface area contributed by atoms with Crippen LogP contribution in [-0.4, -0.2) is 42.3 Å². The molecule has 0 aliphatic carbocycles. The van der Waals surface area contributed by atoms with E-state index in [2.05, 4.69) is 51.0 Å². The zero-order chi connectivity index (χ0) is 19.0. The summed E-state index contributed by atoms with van der Waals surface area (Å²) in [5.74, 6) is 1.58. The Kier molecular flexibility index (Phi) is 5.10. The van der Waals surface area contributed by atoms with E-state index in [9.17, 15) is 0 Å². The lowest BCUT2D eigenvalue weighted by Crippen LogP contribution is -2.01. The third kappa shape index (κ3) is 4.43. The maximum absolute atomic E-state index is 4.51. The molecule has 10 nitrogen and oxygen atoms in total. The number of hydrazone groups is 2. The molecule has 1 aromatic carbocycles. The Balaban J connectivity index is 1.57. The van der Waals surface area contributed by atoms with Crippen LogP contribution in [0.25, 0.3) is 11.4 Å². The summed E-state index contributed by atoms with van der Waals surface area (Å²) in [6.45, 7) is 0. The molecule has 10 heteroatoms. The van der Waals surface area contributed by atoms with Crippen molar-refractivity contribution in [3.05, 3.63) is 72.8 Å². The van der Waals surface area contributed by atoms with E-state index in [1.165, 1.54) is 0 Å². The number of benzene rings is 1. The standard InChI is InChI=1S/C18H16N10/c1-2-4-13(5-3-1)18-25-16(27-23-9-14-7-19-11-21-14)6-17(26-18)28-24-10-15-8-20-12-22-15/h1-12H,(H,19,21)(H,20,22)(H2,25,26,27,28)/b23-9+,24-10+. The average Bonchev–Trinajstić information content (AvgIpc) is 3.43. The predicted octanol–water partition coefficient (Wildman–Crippen LogP) is 2.48. The lowest BCUT2D eigenvalue weighted by Gasteiger charge is -2.07. The number of imidazole rings is 2. The Hall–Kier alpha value is -4.34. The maximum atomic E-state index is 4.51. The highest BCUT2D eigenvalue weighted by molar-refractivity contribution is 5.78. The normalized spacial score (nSPS) is 11.3. The van der Waals surface area contributed by atoms with E-state index in [1.807, 2.05) is 30.3 Å². The minimum absolute atomic E-state index is 0.517.